The fourth-order valence-corrected chi connectivity index (χ4v) is 6.13. The molecule has 0 aromatic heterocycles. The standard InChI is InChI=1S/C31H27NO4/c1-18-5-4-6-21(17-18)32-30(33)28-24-15-16-25(29(28)31(32)34)27(24)26(19-7-11-22(35-2)12-8-19)20-9-13-23(36-3)14-10-20/h4-17,24-25,28-29H,1-3H3/t24-,25-,28-,29-/m1/s1. The summed E-state index contributed by atoms with van der Waals surface area (Å²) in [6.07, 6.45) is 4.25. The summed E-state index contributed by atoms with van der Waals surface area (Å²) in [4.78, 5) is 28.9. The number of fused-ring (bicyclic) bond motifs is 5. The van der Waals surface area contributed by atoms with Crippen LogP contribution >= 0.6 is 0 Å². The van der Waals surface area contributed by atoms with E-state index >= 15 is 0 Å². The molecule has 0 unspecified atom stereocenters. The van der Waals surface area contributed by atoms with Gasteiger partial charge in [0.25, 0.3) is 0 Å². The van der Waals surface area contributed by atoms with E-state index in [0.29, 0.717) is 5.69 Å². The smallest absolute Gasteiger partial charge is 0.238 e. The van der Waals surface area contributed by atoms with Crippen molar-refractivity contribution < 1.29 is 19.1 Å². The summed E-state index contributed by atoms with van der Waals surface area (Å²) in [7, 11) is 3.30. The number of rotatable bonds is 5. The van der Waals surface area contributed by atoms with Crippen molar-refractivity contribution in [1.82, 2.24) is 0 Å². The first-order valence-electron chi connectivity index (χ1n) is 12.2. The molecule has 2 amide bonds. The predicted molar refractivity (Wildman–Crippen MR) is 139 cm³/mol. The summed E-state index contributed by atoms with van der Waals surface area (Å²) in [6.45, 7) is 1.97. The average Bonchev–Trinajstić information content (AvgIpc) is 3.54. The predicted octanol–water partition coefficient (Wildman–Crippen LogP) is 5.44. The maximum atomic E-state index is 13.7. The Kier molecular flexibility index (Phi) is 5.29. The first-order chi connectivity index (χ1) is 17.5. The van der Waals surface area contributed by atoms with Gasteiger partial charge in [0.1, 0.15) is 11.5 Å². The van der Waals surface area contributed by atoms with Gasteiger partial charge in [0, 0.05) is 11.8 Å². The van der Waals surface area contributed by atoms with Crippen molar-refractivity contribution in [3.63, 3.8) is 0 Å². The van der Waals surface area contributed by atoms with E-state index in [-0.39, 0.29) is 35.5 Å². The van der Waals surface area contributed by atoms with Gasteiger partial charge in [-0.05, 0) is 71.2 Å². The molecule has 0 N–H and O–H groups in total. The van der Waals surface area contributed by atoms with Gasteiger partial charge in [-0.15, -0.1) is 0 Å². The van der Waals surface area contributed by atoms with Gasteiger partial charge in [0.2, 0.25) is 11.8 Å². The summed E-state index contributed by atoms with van der Waals surface area (Å²) in [5, 5.41) is 0. The van der Waals surface area contributed by atoms with Gasteiger partial charge in [-0.1, -0.05) is 48.6 Å². The van der Waals surface area contributed by atoms with Crippen molar-refractivity contribution in [3.8, 4) is 11.5 Å². The Balaban J connectivity index is 1.48. The molecule has 3 aromatic rings. The summed E-state index contributed by atoms with van der Waals surface area (Å²) < 4.78 is 10.8. The maximum Gasteiger partial charge on any atom is 0.238 e. The normalized spacial score (nSPS) is 23.9. The number of ether oxygens (including phenoxy) is 2. The third-order valence-corrected chi connectivity index (χ3v) is 7.72. The minimum absolute atomic E-state index is 0.103. The molecule has 180 valence electrons. The molecule has 4 atom stereocenters. The zero-order valence-corrected chi connectivity index (χ0v) is 20.5. The van der Waals surface area contributed by atoms with Gasteiger partial charge in [0.05, 0.1) is 31.7 Å². The summed E-state index contributed by atoms with van der Waals surface area (Å²) >= 11 is 0. The third-order valence-electron chi connectivity index (χ3n) is 7.72. The minimum atomic E-state index is -0.380. The quantitative estimate of drug-likeness (QED) is 0.363. The van der Waals surface area contributed by atoms with Crippen molar-refractivity contribution in [3.05, 3.63) is 107 Å². The van der Waals surface area contributed by atoms with E-state index < -0.39 is 0 Å². The number of hydrogen-bond acceptors (Lipinski definition) is 4. The molecule has 3 aromatic carbocycles. The van der Waals surface area contributed by atoms with Crippen LogP contribution in [0.1, 0.15) is 16.7 Å². The van der Waals surface area contributed by atoms with E-state index in [9.17, 15) is 9.59 Å². The van der Waals surface area contributed by atoms with Crippen LogP contribution in [0.2, 0.25) is 0 Å². The van der Waals surface area contributed by atoms with Crippen LogP contribution in [0.25, 0.3) is 5.57 Å². The Morgan fingerprint density at radius 3 is 1.67 bits per heavy atom. The molecule has 1 aliphatic heterocycles. The second-order valence-electron chi connectivity index (χ2n) is 9.63. The molecule has 1 heterocycles. The number of nitrogens with zero attached hydrogens (tertiary/aromatic N) is 1. The second-order valence-corrected chi connectivity index (χ2v) is 9.63. The molecular formula is C31H27NO4. The molecule has 36 heavy (non-hydrogen) atoms. The zero-order valence-electron chi connectivity index (χ0n) is 20.5. The Morgan fingerprint density at radius 2 is 1.22 bits per heavy atom. The number of carbonyl (C=O) groups excluding carboxylic acids is 2. The van der Waals surface area contributed by atoms with Crippen LogP contribution in [0.3, 0.4) is 0 Å². The van der Waals surface area contributed by atoms with Crippen molar-refractivity contribution >= 4 is 23.1 Å². The Bertz CT molecular complexity index is 1330. The van der Waals surface area contributed by atoms with Gasteiger partial charge in [0.15, 0.2) is 0 Å². The average molecular weight is 478 g/mol. The number of hydrogen-bond donors (Lipinski definition) is 0. The van der Waals surface area contributed by atoms with Crippen molar-refractivity contribution in [2.75, 3.05) is 19.1 Å². The van der Waals surface area contributed by atoms with Gasteiger partial charge in [-0.25, -0.2) is 4.90 Å². The Morgan fingerprint density at radius 1 is 0.722 bits per heavy atom. The first kappa shape index (κ1) is 22.4. The van der Waals surface area contributed by atoms with Crippen LogP contribution in [0, 0.1) is 30.6 Å². The molecule has 3 aliphatic rings. The molecule has 2 bridgehead atoms. The van der Waals surface area contributed by atoms with Gasteiger partial charge < -0.3 is 9.47 Å². The van der Waals surface area contributed by atoms with Gasteiger partial charge in [-0.2, -0.15) is 0 Å². The molecule has 1 saturated heterocycles. The highest BCUT2D eigenvalue weighted by Gasteiger charge is 2.62. The lowest BCUT2D eigenvalue weighted by atomic mass is 9.85. The fourth-order valence-electron chi connectivity index (χ4n) is 6.13. The van der Waals surface area contributed by atoms with Crippen molar-refractivity contribution in [2.45, 2.75) is 6.92 Å². The molecular weight excluding hydrogens is 450 g/mol. The molecule has 2 aliphatic carbocycles. The molecule has 0 radical (unpaired) electrons. The molecule has 6 rings (SSSR count). The Labute approximate surface area is 210 Å². The van der Waals surface area contributed by atoms with Crippen LogP contribution in [0.15, 0.2) is 90.5 Å². The summed E-state index contributed by atoms with van der Waals surface area (Å²) in [5.41, 5.74) is 5.96. The highest BCUT2D eigenvalue weighted by atomic mass is 16.5. The number of methoxy groups -OCH3 is 2. The number of anilines is 1. The van der Waals surface area contributed by atoms with Gasteiger partial charge >= 0.3 is 0 Å². The fraction of sp³-hybridized carbons (Fsp3) is 0.226. The summed E-state index contributed by atoms with van der Waals surface area (Å²) in [5.74, 6) is 0.352. The number of aryl methyl sites for hydroxylation is 1. The Hall–Kier alpha value is -4.12. The first-order valence-corrected chi connectivity index (χ1v) is 12.2. The number of carbonyl (C=O) groups is 2. The van der Waals surface area contributed by atoms with E-state index in [1.54, 1.807) is 14.2 Å². The van der Waals surface area contributed by atoms with Crippen LogP contribution in [0.4, 0.5) is 5.69 Å². The van der Waals surface area contributed by atoms with Crippen molar-refractivity contribution in [2.24, 2.45) is 23.7 Å². The molecule has 2 fully saturated rings. The van der Waals surface area contributed by atoms with E-state index in [4.69, 9.17) is 9.47 Å². The number of allylic oxidation sites excluding steroid dienone is 3. The SMILES string of the molecule is COc1ccc(C(=C2[C@H]3C=C[C@H]2[C@H]2C(=O)N(c4cccc(C)c4)C(=O)[C@@H]23)c2ccc(OC)cc2)cc1. The number of imide groups is 1. The zero-order chi connectivity index (χ0) is 25.0. The largest absolute Gasteiger partial charge is 0.497 e. The van der Waals surface area contributed by atoms with E-state index in [1.165, 1.54) is 4.90 Å². The van der Waals surface area contributed by atoms with E-state index in [1.807, 2.05) is 79.7 Å². The lowest BCUT2D eigenvalue weighted by molar-refractivity contribution is -0.122. The van der Waals surface area contributed by atoms with Crippen LogP contribution < -0.4 is 14.4 Å². The summed E-state index contributed by atoms with van der Waals surface area (Å²) in [6, 6.07) is 23.6. The lowest BCUT2D eigenvalue weighted by Gasteiger charge is -2.22. The second kappa shape index (κ2) is 8.52. The van der Waals surface area contributed by atoms with Crippen LogP contribution in [-0.4, -0.2) is 26.0 Å². The minimum Gasteiger partial charge on any atom is -0.497 e. The third kappa shape index (κ3) is 3.30. The highest BCUT2D eigenvalue weighted by Crippen LogP contribution is 2.59. The highest BCUT2D eigenvalue weighted by molar-refractivity contribution is 6.23. The van der Waals surface area contributed by atoms with Gasteiger partial charge in [-0.3, -0.25) is 9.59 Å². The van der Waals surface area contributed by atoms with Crippen LogP contribution in [-0.2, 0) is 9.59 Å². The molecule has 0 spiro atoms. The molecule has 1 saturated carbocycles. The van der Waals surface area contributed by atoms with Crippen molar-refractivity contribution in [1.29, 1.82) is 0 Å². The topological polar surface area (TPSA) is 55.8 Å². The van der Waals surface area contributed by atoms with E-state index in [2.05, 4.69) is 12.2 Å². The molecule has 5 nitrogen and oxygen atoms in total. The number of benzene rings is 3. The monoisotopic (exact) mass is 477 g/mol. The number of amides is 2. The molecule has 5 heteroatoms. The lowest BCUT2D eigenvalue weighted by Crippen LogP contribution is -2.33. The van der Waals surface area contributed by atoms with Crippen LogP contribution in [0.5, 0.6) is 11.5 Å². The van der Waals surface area contributed by atoms with E-state index in [0.717, 1.165) is 39.3 Å². The maximum absolute atomic E-state index is 13.7.